The molecule has 1 N–H and O–H groups in total. The van der Waals surface area contributed by atoms with Crippen LogP contribution in [0.15, 0.2) is 0 Å². The van der Waals surface area contributed by atoms with E-state index in [9.17, 15) is 0 Å². The fourth-order valence-electron chi connectivity index (χ4n) is 2.39. The van der Waals surface area contributed by atoms with Crippen LogP contribution in [0.25, 0.3) is 0 Å². The highest BCUT2D eigenvalue weighted by Crippen LogP contribution is 2.30. The fraction of sp³-hybridized carbons (Fsp3) is 1.00. The molecule has 15 heavy (non-hydrogen) atoms. The summed E-state index contributed by atoms with van der Waals surface area (Å²) in [6.45, 7) is 3.07. The average Bonchev–Trinajstić information content (AvgIpc) is 2.29. The van der Waals surface area contributed by atoms with E-state index in [0.29, 0.717) is 0 Å². The van der Waals surface area contributed by atoms with Crippen LogP contribution in [0.5, 0.6) is 0 Å². The van der Waals surface area contributed by atoms with Gasteiger partial charge in [-0.3, -0.25) is 0 Å². The van der Waals surface area contributed by atoms with E-state index in [0.717, 1.165) is 43.8 Å². The number of rotatable bonds is 7. The minimum atomic E-state index is 0.746. The van der Waals surface area contributed by atoms with Gasteiger partial charge in [-0.2, -0.15) is 0 Å². The Labute approximate surface area is 98.7 Å². The van der Waals surface area contributed by atoms with Crippen LogP contribution in [0.1, 0.15) is 32.1 Å². The summed E-state index contributed by atoms with van der Waals surface area (Å²) in [6, 6.07) is 0. The quantitative estimate of drug-likeness (QED) is 0.539. The van der Waals surface area contributed by atoms with Crippen LogP contribution in [-0.4, -0.2) is 32.7 Å². The highest BCUT2D eigenvalue weighted by molar-refractivity contribution is 6.18. The minimum Gasteiger partial charge on any atom is -0.385 e. The highest BCUT2D eigenvalue weighted by atomic mass is 35.5. The van der Waals surface area contributed by atoms with Crippen molar-refractivity contribution in [2.24, 2.45) is 11.8 Å². The van der Waals surface area contributed by atoms with Gasteiger partial charge in [-0.05, 0) is 44.2 Å². The topological polar surface area (TPSA) is 21.3 Å². The van der Waals surface area contributed by atoms with Gasteiger partial charge in [-0.1, -0.05) is 12.8 Å². The van der Waals surface area contributed by atoms with Crippen molar-refractivity contribution in [2.75, 3.05) is 32.7 Å². The van der Waals surface area contributed by atoms with Gasteiger partial charge in [-0.15, -0.1) is 11.6 Å². The third-order valence-electron chi connectivity index (χ3n) is 3.37. The Kier molecular flexibility index (Phi) is 7.41. The molecule has 3 heteroatoms. The zero-order valence-corrected chi connectivity index (χ0v) is 10.6. The molecule has 1 saturated carbocycles. The van der Waals surface area contributed by atoms with Crippen molar-refractivity contribution in [3.8, 4) is 0 Å². The molecule has 0 saturated heterocycles. The summed E-state index contributed by atoms with van der Waals surface area (Å²) >= 11 is 5.99. The smallest absolute Gasteiger partial charge is 0.0474 e. The number of alkyl halides is 1. The summed E-state index contributed by atoms with van der Waals surface area (Å²) in [4.78, 5) is 0. The second-order valence-corrected chi connectivity index (χ2v) is 4.82. The van der Waals surface area contributed by atoms with Crippen LogP contribution < -0.4 is 5.32 Å². The maximum atomic E-state index is 5.99. The first-order chi connectivity index (χ1) is 7.38. The van der Waals surface area contributed by atoms with Crippen LogP contribution in [-0.2, 0) is 4.74 Å². The minimum absolute atomic E-state index is 0.746. The lowest BCUT2D eigenvalue weighted by molar-refractivity contribution is 0.191. The van der Waals surface area contributed by atoms with Gasteiger partial charge in [0, 0.05) is 19.6 Å². The predicted octanol–water partition coefficient (Wildman–Crippen LogP) is 2.66. The van der Waals surface area contributed by atoms with Gasteiger partial charge >= 0.3 is 0 Å². The van der Waals surface area contributed by atoms with Crippen LogP contribution in [0.3, 0.4) is 0 Å². The van der Waals surface area contributed by atoms with Crippen molar-refractivity contribution in [2.45, 2.75) is 32.1 Å². The maximum absolute atomic E-state index is 5.99. The zero-order valence-electron chi connectivity index (χ0n) is 9.80. The average molecular weight is 234 g/mol. The van der Waals surface area contributed by atoms with Crippen LogP contribution in [0.2, 0.25) is 0 Å². The lowest BCUT2D eigenvalue weighted by Gasteiger charge is -2.30. The molecule has 90 valence electrons. The van der Waals surface area contributed by atoms with Crippen molar-refractivity contribution in [3.05, 3.63) is 0 Å². The summed E-state index contributed by atoms with van der Waals surface area (Å²) in [5, 5.41) is 3.52. The molecule has 1 aliphatic carbocycles. The molecule has 0 spiro atoms. The SMILES string of the molecule is COCCCNCC1CCCCC1CCl. The molecular formula is C12H24ClNO. The van der Waals surface area contributed by atoms with Gasteiger partial charge < -0.3 is 10.1 Å². The number of hydrogen-bond donors (Lipinski definition) is 1. The van der Waals surface area contributed by atoms with E-state index in [1.54, 1.807) is 7.11 Å². The molecule has 2 unspecified atom stereocenters. The second kappa shape index (κ2) is 8.37. The first kappa shape index (κ1) is 13.3. The lowest BCUT2D eigenvalue weighted by Crippen LogP contribution is -2.32. The van der Waals surface area contributed by atoms with Crippen LogP contribution in [0, 0.1) is 11.8 Å². The van der Waals surface area contributed by atoms with Crippen molar-refractivity contribution in [3.63, 3.8) is 0 Å². The third-order valence-corrected chi connectivity index (χ3v) is 3.77. The first-order valence-corrected chi connectivity index (χ1v) is 6.67. The molecule has 1 rings (SSSR count). The van der Waals surface area contributed by atoms with E-state index in [4.69, 9.17) is 16.3 Å². The van der Waals surface area contributed by atoms with Crippen molar-refractivity contribution in [1.82, 2.24) is 5.32 Å². The molecule has 1 fully saturated rings. The number of ether oxygens (including phenoxy) is 1. The predicted molar refractivity (Wildman–Crippen MR) is 65.5 cm³/mol. The normalized spacial score (nSPS) is 26.8. The van der Waals surface area contributed by atoms with Gasteiger partial charge in [0.2, 0.25) is 0 Å². The van der Waals surface area contributed by atoms with Crippen molar-refractivity contribution in [1.29, 1.82) is 0 Å². The standard InChI is InChI=1S/C12H24ClNO/c1-15-8-4-7-14-10-12-6-3-2-5-11(12)9-13/h11-12,14H,2-10H2,1H3. The van der Waals surface area contributed by atoms with Gasteiger partial charge in [0.25, 0.3) is 0 Å². The first-order valence-electron chi connectivity index (χ1n) is 6.14. The second-order valence-electron chi connectivity index (χ2n) is 4.51. The third kappa shape index (κ3) is 5.19. The molecule has 0 radical (unpaired) electrons. The maximum Gasteiger partial charge on any atom is 0.0474 e. The number of nitrogens with one attached hydrogen (secondary N) is 1. The van der Waals surface area contributed by atoms with Gasteiger partial charge in [0.05, 0.1) is 0 Å². The molecule has 2 atom stereocenters. The van der Waals surface area contributed by atoms with E-state index in [-0.39, 0.29) is 0 Å². The van der Waals surface area contributed by atoms with E-state index in [2.05, 4.69) is 5.32 Å². The Morgan fingerprint density at radius 3 is 2.67 bits per heavy atom. The Hall–Kier alpha value is 0.210. The number of halogens is 1. The van der Waals surface area contributed by atoms with Crippen molar-refractivity contribution < 1.29 is 4.74 Å². The monoisotopic (exact) mass is 233 g/mol. The van der Waals surface area contributed by atoms with E-state index in [1.807, 2.05) is 0 Å². The molecule has 0 heterocycles. The molecule has 2 nitrogen and oxygen atoms in total. The molecule has 0 aromatic rings. The molecule has 0 amide bonds. The van der Waals surface area contributed by atoms with E-state index >= 15 is 0 Å². The zero-order chi connectivity index (χ0) is 10.9. The molecule has 0 bridgehead atoms. The Bertz CT molecular complexity index is 155. The number of methoxy groups -OCH3 is 1. The molecule has 1 aliphatic rings. The van der Waals surface area contributed by atoms with E-state index in [1.165, 1.54) is 25.7 Å². The van der Waals surface area contributed by atoms with Gasteiger partial charge in [-0.25, -0.2) is 0 Å². The number of hydrogen-bond acceptors (Lipinski definition) is 2. The highest BCUT2D eigenvalue weighted by Gasteiger charge is 2.23. The Balaban J connectivity index is 2.07. The fourth-order valence-corrected chi connectivity index (χ4v) is 2.79. The summed E-state index contributed by atoms with van der Waals surface area (Å²) in [7, 11) is 1.75. The molecular weight excluding hydrogens is 210 g/mol. The summed E-state index contributed by atoms with van der Waals surface area (Å²) in [6.07, 6.45) is 6.55. The summed E-state index contributed by atoms with van der Waals surface area (Å²) in [5.41, 5.74) is 0. The summed E-state index contributed by atoms with van der Waals surface area (Å²) < 4.78 is 5.02. The van der Waals surface area contributed by atoms with Gasteiger partial charge in [0.15, 0.2) is 0 Å². The molecule has 0 aromatic heterocycles. The molecule has 0 aromatic carbocycles. The van der Waals surface area contributed by atoms with Crippen LogP contribution >= 0.6 is 11.6 Å². The van der Waals surface area contributed by atoms with Crippen molar-refractivity contribution >= 4 is 11.6 Å². The lowest BCUT2D eigenvalue weighted by atomic mass is 9.80. The largest absolute Gasteiger partial charge is 0.385 e. The van der Waals surface area contributed by atoms with E-state index < -0.39 is 0 Å². The van der Waals surface area contributed by atoms with Gasteiger partial charge in [0.1, 0.15) is 0 Å². The Morgan fingerprint density at radius 1 is 1.27 bits per heavy atom. The summed E-state index contributed by atoms with van der Waals surface area (Å²) in [5.74, 6) is 2.39. The Morgan fingerprint density at radius 2 is 2.00 bits per heavy atom. The van der Waals surface area contributed by atoms with Crippen LogP contribution in [0.4, 0.5) is 0 Å². The molecule has 0 aliphatic heterocycles.